The maximum Gasteiger partial charge on any atom is 0.355 e. The summed E-state index contributed by atoms with van der Waals surface area (Å²) in [5, 5.41) is 28.1. The normalized spacial score (nSPS) is 10.4. The number of halogens is 1. The highest BCUT2D eigenvalue weighted by Gasteiger charge is 2.17. The average molecular weight is 346 g/mol. The van der Waals surface area contributed by atoms with Crippen molar-refractivity contribution in [3.05, 3.63) is 33.7 Å². The highest BCUT2D eigenvalue weighted by atomic mass is 127. The number of aromatic nitrogens is 2. The van der Waals surface area contributed by atoms with Crippen LogP contribution in [0.15, 0.2) is 24.4 Å². The molecule has 0 aromatic carbocycles. The number of carboxylic acid groups (broad SMARTS) is 1. The largest absolute Gasteiger partial charge is 0.494 e. The Labute approximate surface area is 109 Å². The molecule has 17 heavy (non-hydrogen) atoms. The third-order valence-electron chi connectivity index (χ3n) is 2.15. The molecule has 88 valence electrons. The molecule has 6 nitrogen and oxygen atoms in total. The highest BCUT2D eigenvalue weighted by Crippen LogP contribution is 2.30. The molecule has 0 aliphatic rings. The van der Waals surface area contributed by atoms with Gasteiger partial charge in [-0.05, 0) is 28.7 Å². The van der Waals surface area contributed by atoms with E-state index in [2.05, 4.69) is 4.98 Å². The quantitative estimate of drug-likeness (QED) is 0.718. The third kappa shape index (κ3) is 1.93. The van der Waals surface area contributed by atoms with Gasteiger partial charge in [0.2, 0.25) is 0 Å². The summed E-state index contributed by atoms with van der Waals surface area (Å²) in [7, 11) is 0. The van der Waals surface area contributed by atoms with Crippen LogP contribution in [0.5, 0.6) is 11.8 Å². The van der Waals surface area contributed by atoms with E-state index in [9.17, 15) is 15.0 Å². The average Bonchev–Trinajstić information content (AvgIpc) is 2.59. The number of pyridine rings is 1. The van der Waals surface area contributed by atoms with Gasteiger partial charge < -0.3 is 15.3 Å². The topological polar surface area (TPSA) is 95.6 Å². The number of hydrogen-bond donors (Lipinski definition) is 3. The van der Waals surface area contributed by atoms with Crippen molar-refractivity contribution < 1.29 is 20.1 Å². The van der Waals surface area contributed by atoms with Gasteiger partial charge in [-0.25, -0.2) is 9.78 Å². The van der Waals surface area contributed by atoms with Gasteiger partial charge in [-0.1, -0.05) is 0 Å². The molecule has 0 atom stereocenters. The zero-order valence-corrected chi connectivity index (χ0v) is 10.5. The van der Waals surface area contributed by atoms with E-state index in [4.69, 9.17) is 5.11 Å². The Hall–Kier alpha value is -1.77. The number of aromatic carboxylic acids is 1. The standard InChI is InChI=1S/C10H7IN2O4/c11-8-5(3-4-12-9(8)10(16)17)13-6(14)1-2-7(13)15/h1-4,14-15H,(H,16,17). The molecule has 2 heterocycles. The minimum Gasteiger partial charge on any atom is -0.494 e. The van der Waals surface area contributed by atoms with E-state index in [1.165, 1.54) is 24.4 Å². The molecule has 2 aromatic heterocycles. The minimum atomic E-state index is -1.16. The molecular weight excluding hydrogens is 339 g/mol. The van der Waals surface area contributed by atoms with E-state index in [-0.39, 0.29) is 17.5 Å². The van der Waals surface area contributed by atoms with Crippen molar-refractivity contribution in [1.82, 2.24) is 9.55 Å². The molecule has 0 aliphatic carbocycles. The summed E-state index contributed by atoms with van der Waals surface area (Å²) in [6, 6.07) is 4.13. The van der Waals surface area contributed by atoms with Gasteiger partial charge in [-0.3, -0.25) is 4.57 Å². The molecule has 3 N–H and O–H groups in total. The summed E-state index contributed by atoms with van der Waals surface area (Å²) in [5.74, 6) is -1.52. The van der Waals surface area contributed by atoms with Crippen molar-refractivity contribution in [3.63, 3.8) is 0 Å². The molecule has 2 aromatic rings. The SMILES string of the molecule is O=C(O)c1nccc(-n2c(O)ccc2O)c1I. The van der Waals surface area contributed by atoms with Crippen LogP contribution in [0.4, 0.5) is 0 Å². The Balaban J connectivity index is 2.69. The van der Waals surface area contributed by atoms with E-state index >= 15 is 0 Å². The summed E-state index contributed by atoms with van der Waals surface area (Å²) in [6.07, 6.45) is 1.31. The van der Waals surface area contributed by atoms with E-state index in [0.717, 1.165) is 4.57 Å². The Morgan fingerprint density at radius 2 is 1.82 bits per heavy atom. The van der Waals surface area contributed by atoms with Crippen molar-refractivity contribution in [3.8, 4) is 17.4 Å². The van der Waals surface area contributed by atoms with Gasteiger partial charge in [0.1, 0.15) is 0 Å². The lowest BCUT2D eigenvalue weighted by Gasteiger charge is -2.10. The first-order chi connectivity index (χ1) is 8.02. The summed E-state index contributed by atoms with van der Waals surface area (Å²) in [4.78, 5) is 14.6. The maximum atomic E-state index is 10.9. The molecule has 0 saturated carbocycles. The van der Waals surface area contributed by atoms with Crippen LogP contribution >= 0.6 is 22.6 Å². The number of aromatic hydroxyl groups is 2. The molecule has 7 heteroatoms. The predicted octanol–water partition coefficient (Wildman–Crippen LogP) is 1.59. The predicted molar refractivity (Wildman–Crippen MR) is 66.6 cm³/mol. The van der Waals surface area contributed by atoms with Gasteiger partial charge in [0.15, 0.2) is 17.5 Å². The number of carboxylic acids is 1. The molecule has 0 saturated heterocycles. The molecule has 0 unspecified atom stereocenters. The summed E-state index contributed by atoms with van der Waals surface area (Å²) >= 11 is 1.80. The monoisotopic (exact) mass is 346 g/mol. The van der Waals surface area contributed by atoms with Gasteiger partial charge >= 0.3 is 5.97 Å². The van der Waals surface area contributed by atoms with Crippen LogP contribution in [0.25, 0.3) is 5.69 Å². The van der Waals surface area contributed by atoms with Crippen LogP contribution in [0.2, 0.25) is 0 Å². The number of rotatable bonds is 2. The smallest absolute Gasteiger partial charge is 0.355 e. The van der Waals surface area contributed by atoms with Crippen molar-refractivity contribution in [1.29, 1.82) is 0 Å². The fourth-order valence-electron chi connectivity index (χ4n) is 1.42. The summed E-state index contributed by atoms with van der Waals surface area (Å²) in [5.41, 5.74) is 0.230. The lowest BCUT2D eigenvalue weighted by Crippen LogP contribution is -2.07. The first-order valence-electron chi connectivity index (χ1n) is 4.50. The maximum absolute atomic E-state index is 10.9. The van der Waals surface area contributed by atoms with Crippen LogP contribution in [0, 0.1) is 3.57 Å². The first-order valence-corrected chi connectivity index (χ1v) is 5.58. The van der Waals surface area contributed by atoms with Crippen LogP contribution in [-0.2, 0) is 0 Å². The third-order valence-corrected chi connectivity index (χ3v) is 3.22. The Morgan fingerprint density at radius 3 is 2.35 bits per heavy atom. The fraction of sp³-hybridized carbons (Fsp3) is 0. The summed E-state index contributed by atoms with van der Waals surface area (Å²) < 4.78 is 1.47. The lowest BCUT2D eigenvalue weighted by atomic mass is 10.3. The summed E-state index contributed by atoms with van der Waals surface area (Å²) in [6.45, 7) is 0. The molecule has 0 aliphatic heterocycles. The Kier molecular flexibility index (Phi) is 2.92. The Bertz CT molecular complexity index is 574. The number of hydrogen-bond acceptors (Lipinski definition) is 4. The first kappa shape index (κ1) is 11.7. The van der Waals surface area contributed by atoms with Gasteiger partial charge in [0, 0.05) is 18.3 Å². The van der Waals surface area contributed by atoms with E-state index in [1.54, 1.807) is 22.6 Å². The highest BCUT2D eigenvalue weighted by molar-refractivity contribution is 14.1. The molecule has 0 spiro atoms. The van der Waals surface area contributed by atoms with Gasteiger partial charge in [0.05, 0.1) is 9.26 Å². The number of carbonyl (C=O) groups is 1. The zero-order valence-electron chi connectivity index (χ0n) is 8.33. The number of nitrogens with zero attached hydrogens (tertiary/aromatic N) is 2. The molecule has 0 amide bonds. The molecule has 0 radical (unpaired) electrons. The second-order valence-electron chi connectivity index (χ2n) is 3.18. The molecular formula is C10H7IN2O4. The van der Waals surface area contributed by atoms with Crippen LogP contribution < -0.4 is 0 Å². The van der Waals surface area contributed by atoms with Crippen molar-refractivity contribution in [2.24, 2.45) is 0 Å². The van der Waals surface area contributed by atoms with E-state index in [0.29, 0.717) is 9.26 Å². The van der Waals surface area contributed by atoms with Crippen molar-refractivity contribution >= 4 is 28.6 Å². The fourth-order valence-corrected chi connectivity index (χ4v) is 2.21. The molecule has 2 rings (SSSR count). The second kappa shape index (κ2) is 4.24. The van der Waals surface area contributed by atoms with E-state index in [1.807, 2.05) is 0 Å². The Morgan fingerprint density at radius 1 is 1.24 bits per heavy atom. The zero-order chi connectivity index (χ0) is 12.6. The van der Waals surface area contributed by atoms with Crippen molar-refractivity contribution in [2.45, 2.75) is 0 Å². The van der Waals surface area contributed by atoms with Crippen molar-refractivity contribution in [2.75, 3.05) is 0 Å². The molecule has 0 bridgehead atoms. The lowest BCUT2D eigenvalue weighted by molar-refractivity contribution is 0.0689. The second-order valence-corrected chi connectivity index (χ2v) is 4.26. The molecule has 0 fully saturated rings. The van der Waals surface area contributed by atoms with Gasteiger partial charge in [-0.15, -0.1) is 0 Å². The van der Waals surface area contributed by atoms with Gasteiger partial charge in [-0.2, -0.15) is 0 Å². The van der Waals surface area contributed by atoms with Crippen LogP contribution in [0.3, 0.4) is 0 Å². The van der Waals surface area contributed by atoms with Crippen LogP contribution in [-0.4, -0.2) is 30.8 Å². The van der Waals surface area contributed by atoms with Gasteiger partial charge in [0.25, 0.3) is 0 Å². The van der Waals surface area contributed by atoms with E-state index < -0.39 is 5.97 Å². The minimum absolute atomic E-state index is 0.129. The van der Waals surface area contributed by atoms with Crippen LogP contribution in [0.1, 0.15) is 10.5 Å².